The average molecular weight is 425 g/mol. The van der Waals surface area contributed by atoms with Gasteiger partial charge in [0.2, 0.25) is 5.88 Å². The van der Waals surface area contributed by atoms with Crippen LogP contribution < -0.4 is 20.0 Å². The minimum Gasteiger partial charge on any atom is -0.484 e. The minimum atomic E-state index is -0.600. The Balaban J connectivity index is 1.56. The Morgan fingerprint density at radius 2 is 1.94 bits per heavy atom. The van der Waals surface area contributed by atoms with Crippen molar-refractivity contribution < 1.29 is 13.9 Å². The van der Waals surface area contributed by atoms with Crippen LogP contribution in [0, 0.1) is 0 Å². The lowest BCUT2D eigenvalue weighted by atomic mass is 9.90. The van der Waals surface area contributed by atoms with Gasteiger partial charge in [-0.2, -0.15) is 0 Å². The number of nitrogens with zero attached hydrogens (tertiary/aromatic N) is 4. The lowest BCUT2D eigenvalue weighted by Crippen LogP contribution is -2.49. The van der Waals surface area contributed by atoms with E-state index < -0.39 is 5.60 Å². The highest BCUT2D eigenvalue weighted by molar-refractivity contribution is 5.79. The van der Waals surface area contributed by atoms with Crippen molar-refractivity contribution in [1.82, 2.24) is 14.9 Å². The normalized spacial score (nSPS) is 17.3. The van der Waals surface area contributed by atoms with Gasteiger partial charge in [0.05, 0.1) is 0 Å². The molecule has 0 radical (unpaired) electrons. The highest BCUT2D eigenvalue weighted by atomic mass is 16.6. The van der Waals surface area contributed by atoms with Crippen LogP contribution in [0.1, 0.15) is 19.4 Å². The fraction of sp³-hybridized carbons (Fsp3) is 0.435. The summed E-state index contributed by atoms with van der Waals surface area (Å²) in [6, 6.07) is 8.81. The third-order valence-electron chi connectivity index (χ3n) is 5.52. The van der Waals surface area contributed by atoms with Crippen molar-refractivity contribution >= 4 is 16.8 Å². The molecule has 0 bridgehead atoms. The summed E-state index contributed by atoms with van der Waals surface area (Å²) in [6.07, 6.45) is 1.92. The molecule has 0 fully saturated rings. The van der Waals surface area contributed by atoms with E-state index in [1.165, 1.54) is 12.4 Å². The number of benzene rings is 1. The van der Waals surface area contributed by atoms with Gasteiger partial charge in [-0.15, -0.1) is 0 Å². The molecule has 1 atom stereocenters. The van der Waals surface area contributed by atoms with Gasteiger partial charge in [0.25, 0.3) is 0 Å². The number of fused-ring (bicyclic) bond motifs is 2. The van der Waals surface area contributed by atoms with E-state index in [-0.39, 0.29) is 11.7 Å². The zero-order valence-electron chi connectivity index (χ0n) is 18.6. The van der Waals surface area contributed by atoms with Crippen LogP contribution in [0.15, 0.2) is 45.9 Å². The number of ether oxygens (including phenoxy) is 2. The highest BCUT2D eigenvalue weighted by Gasteiger charge is 2.39. The summed E-state index contributed by atoms with van der Waals surface area (Å²) in [5.74, 6) is 2.03. The second kappa shape index (κ2) is 8.19. The van der Waals surface area contributed by atoms with Crippen LogP contribution >= 0.6 is 0 Å². The summed E-state index contributed by atoms with van der Waals surface area (Å²) in [5, 5.41) is 0.854. The van der Waals surface area contributed by atoms with Crippen molar-refractivity contribution in [3.63, 3.8) is 0 Å². The molecule has 3 aromatic rings. The van der Waals surface area contributed by atoms with Crippen molar-refractivity contribution in [2.24, 2.45) is 0 Å². The van der Waals surface area contributed by atoms with E-state index >= 15 is 0 Å². The maximum absolute atomic E-state index is 11.5. The first-order chi connectivity index (χ1) is 14.7. The van der Waals surface area contributed by atoms with Crippen LogP contribution in [0.4, 0.5) is 5.82 Å². The summed E-state index contributed by atoms with van der Waals surface area (Å²) in [6.45, 7) is 5.73. The Kier molecular flexibility index (Phi) is 5.58. The number of anilines is 1. The van der Waals surface area contributed by atoms with E-state index in [0.29, 0.717) is 23.6 Å². The van der Waals surface area contributed by atoms with Crippen LogP contribution in [0.25, 0.3) is 11.0 Å². The van der Waals surface area contributed by atoms with Gasteiger partial charge in [0, 0.05) is 50.1 Å². The van der Waals surface area contributed by atoms with Gasteiger partial charge in [0.15, 0.2) is 0 Å². The first-order valence-corrected chi connectivity index (χ1v) is 10.3. The van der Waals surface area contributed by atoms with Crippen LogP contribution in [-0.2, 0) is 6.42 Å². The van der Waals surface area contributed by atoms with Crippen LogP contribution in [0.5, 0.6) is 11.6 Å². The molecule has 0 aliphatic carbocycles. The zero-order valence-corrected chi connectivity index (χ0v) is 18.6. The summed E-state index contributed by atoms with van der Waals surface area (Å²) in [4.78, 5) is 24.4. The Morgan fingerprint density at radius 1 is 1.13 bits per heavy atom. The first kappa shape index (κ1) is 21.1. The largest absolute Gasteiger partial charge is 0.484 e. The van der Waals surface area contributed by atoms with Crippen LogP contribution in [0.2, 0.25) is 0 Å². The van der Waals surface area contributed by atoms with Crippen molar-refractivity contribution in [2.45, 2.75) is 32.0 Å². The molecule has 0 spiro atoms. The maximum atomic E-state index is 11.5. The van der Waals surface area contributed by atoms with E-state index in [0.717, 1.165) is 29.9 Å². The van der Waals surface area contributed by atoms with E-state index in [1.807, 2.05) is 47.1 Å². The SMILES string of the molecule is CN(C)CCN(C)c1cc(O[C@H]2Cc3cc4ccc(=O)oc4cc3OC2(C)C)ncn1. The monoisotopic (exact) mass is 424 g/mol. The molecule has 0 unspecified atom stereocenters. The molecule has 0 amide bonds. The second-order valence-corrected chi connectivity index (χ2v) is 8.71. The number of likely N-dealkylation sites (N-methyl/N-ethyl adjacent to an activating group) is 2. The Bertz CT molecular complexity index is 1140. The summed E-state index contributed by atoms with van der Waals surface area (Å²) in [7, 11) is 6.09. The second-order valence-electron chi connectivity index (χ2n) is 8.71. The fourth-order valence-electron chi connectivity index (χ4n) is 3.59. The number of aromatic nitrogens is 2. The minimum absolute atomic E-state index is 0.247. The zero-order chi connectivity index (χ0) is 22.2. The predicted octanol–water partition coefficient (Wildman–Crippen LogP) is 2.74. The molecule has 1 aliphatic rings. The van der Waals surface area contributed by atoms with Crippen molar-refractivity contribution in [3.05, 3.63) is 52.6 Å². The van der Waals surface area contributed by atoms with E-state index in [4.69, 9.17) is 13.9 Å². The molecule has 0 saturated carbocycles. The molecule has 8 heteroatoms. The summed E-state index contributed by atoms with van der Waals surface area (Å²) < 4.78 is 17.8. The third-order valence-corrected chi connectivity index (χ3v) is 5.52. The average Bonchev–Trinajstić information content (AvgIpc) is 2.71. The van der Waals surface area contributed by atoms with Gasteiger partial charge < -0.3 is 23.7 Å². The van der Waals surface area contributed by atoms with Crippen molar-refractivity contribution in [1.29, 1.82) is 0 Å². The van der Waals surface area contributed by atoms with Gasteiger partial charge in [0.1, 0.15) is 35.2 Å². The molecule has 164 valence electrons. The molecule has 2 aromatic heterocycles. The molecule has 4 rings (SSSR count). The smallest absolute Gasteiger partial charge is 0.336 e. The Labute approximate surface area is 181 Å². The maximum Gasteiger partial charge on any atom is 0.336 e. The molecule has 1 aromatic carbocycles. The Hall–Kier alpha value is -3.13. The first-order valence-electron chi connectivity index (χ1n) is 10.3. The third kappa shape index (κ3) is 4.64. The van der Waals surface area contributed by atoms with E-state index in [2.05, 4.69) is 19.8 Å². The number of hydrogen-bond donors (Lipinski definition) is 0. The van der Waals surface area contributed by atoms with E-state index in [1.54, 1.807) is 12.1 Å². The highest BCUT2D eigenvalue weighted by Crippen LogP contribution is 2.37. The summed E-state index contributed by atoms with van der Waals surface area (Å²) in [5.41, 5.74) is 0.544. The van der Waals surface area contributed by atoms with Gasteiger partial charge in [-0.3, -0.25) is 0 Å². The molecule has 0 N–H and O–H groups in total. The molecule has 31 heavy (non-hydrogen) atoms. The van der Waals surface area contributed by atoms with Crippen LogP contribution in [0.3, 0.4) is 0 Å². The number of rotatable bonds is 6. The standard InChI is InChI=1S/C23H28N4O4/c1-23(2)19(30-21-13-20(24-14-25-21)27(5)9-8-26(3)4)11-16-10-15-6-7-22(28)29-17(15)12-18(16)31-23/h6-7,10,12-14,19H,8-9,11H2,1-5H3/t19-/m0/s1. The molecule has 0 saturated heterocycles. The van der Waals surface area contributed by atoms with Gasteiger partial charge in [-0.25, -0.2) is 14.8 Å². The quantitative estimate of drug-likeness (QED) is 0.559. The number of hydrogen-bond acceptors (Lipinski definition) is 8. The Morgan fingerprint density at radius 3 is 2.71 bits per heavy atom. The lowest BCUT2D eigenvalue weighted by Gasteiger charge is -2.39. The van der Waals surface area contributed by atoms with Gasteiger partial charge >= 0.3 is 5.63 Å². The molecular weight excluding hydrogens is 396 g/mol. The van der Waals surface area contributed by atoms with Crippen molar-refractivity contribution in [3.8, 4) is 11.6 Å². The van der Waals surface area contributed by atoms with Gasteiger partial charge in [-0.1, -0.05) is 0 Å². The molecule has 8 nitrogen and oxygen atoms in total. The predicted molar refractivity (Wildman–Crippen MR) is 119 cm³/mol. The molecular formula is C23H28N4O4. The molecule has 3 heterocycles. The fourth-order valence-corrected chi connectivity index (χ4v) is 3.59. The lowest BCUT2D eigenvalue weighted by molar-refractivity contribution is -0.0287. The van der Waals surface area contributed by atoms with Crippen molar-refractivity contribution in [2.75, 3.05) is 39.1 Å². The van der Waals surface area contributed by atoms with E-state index in [9.17, 15) is 4.79 Å². The molecule has 1 aliphatic heterocycles. The topological polar surface area (TPSA) is 80.9 Å². The summed E-state index contributed by atoms with van der Waals surface area (Å²) >= 11 is 0. The van der Waals surface area contributed by atoms with Gasteiger partial charge in [-0.05, 0) is 45.6 Å². The van der Waals surface area contributed by atoms with Crippen LogP contribution in [-0.4, -0.2) is 60.8 Å².